The van der Waals surface area contributed by atoms with Gasteiger partial charge in [0.2, 0.25) is 11.8 Å². The molecule has 0 aromatic carbocycles. The first-order chi connectivity index (χ1) is 12.4. The number of hydrogen-bond acceptors (Lipinski definition) is 6. The fourth-order valence-corrected chi connectivity index (χ4v) is 3.06. The van der Waals surface area contributed by atoms with Crippen LogP contribution < -0.4 is 16.4 Å². The number of carbonyl (C=O) groups excluding carboxylic acids is 2. The Kier molecular flexibility index (Phi) is 7.35. The number of pyridine rings is 1. The molecule has 1 fully saturated rings. The van der Waals surface area contributed by atoms with Crippen LogP contribution >= 0.6 is 0 Å². The van der Waals surface area contributed by atoms with Gasteiger partial charge in [0.25, 0.3) is 0 Å². The van der Waals surface area contributed by atoms with Crippen LogP contribution in [0.4, 0.5) is 5.82 Å². The third-order valence-electron chi connectivity index (χ3n) is 4.27. The quantitative estimate of drug-likeness (QED) is 0.612. The maximum atomic E-state index is 12.4. The van der Waals surface area contributed by atoms with Crippen molar-refractivity contribution < 1.29 is 14.3 Å². The number of nitrogen functional groups attached to an aromatic ring is 1. The lowest BCUT2D eigenvalue weighted by atomic mass is 10.1. The van der Waals surface area contributed by atoms with Crippen molar-refractivity contribution in [1.82, 2.24) is 20.5 Å². The molecule has 0 unspecified atom stereocenters. The summed E-state index contributed by atoms with van der Waals surface area (Å²) < 4.78 is 5.34. The normalized spacial score (nSPS) is 20.3. The van der Waals surface area contributed by atoms with Gasteiger partial charge in [0.05, 0.1) is 12.1 Å². The van der Waals surface area contributed by atoms with Crippen molar-refractivity contribution in [3.63, 3.8) is 0 Å². The lowest BCUT2D eigenvalue weighted by Crippen LogP contribution is -2.42. The molecule has 144 valence electrons. The average molecular weight is 363 g/mol. The highest BCUT2D eigenvalue weighted by molar-refractivity contribution is 5.82. The summed E-state index contributed by atoms with van der Waals surface area (Å²) in [5.41, 5.74) is 6.81. The molecule has 8 heteroatoms. The molecule has 0 radical (unpaired) electrons. The van der Waals surface area contributed by atoms with Crippen LogP contribution in [0.5, 0.6) is 0 Å². The van der Waals surface area contributed by atoms with Crippen molar-refractivity contribution in [3.8, 4) is 0 Å². The highest BCUT2D eigenvalue weighted by Crippen LogP contribution is 2.22. The number of amides is 2. The molecule has 1 saturated heterocycles. The number of nitrogens with two attached hydrogens (primary N) is 1. The Hall–Kier alpha value is -2.19. The van der Waals surface area contributed by atoms with Crippen LogP contribution in [0.3, 0.4) is 0 Å². The van der Waals surface area contributed by atoms with E-state index in [1.54, 1.807) is 6.20 Å². The van der Waals surface area contributed by atoms with Crippen LogP contribution in [0.15, 0.2) is 18.3 Å². The summed E-state index contributed by atoms with van der Waals surface area (Å²) in [7, 11) is 0. The predicted molar refractivity (Wildman–Crippen MR) is 99.2 cm³/mol. The van der Waals surface area contributed by atoms with Crippen molar-refractivity contribution in [2.45, 2.75) is 51.9 Å². The number of rotatable bonds is 8. The number of nitrogens with zero attached hydrogens (tertiary/aromatic N) is 2. The standard InChI is InChI=1S/C18H29N5O3/c1-4-20-18(25)15-8-14(22-16(24)11-26-12(2)3)10-23(15)9-13-6-5-7-21-17(13)19/h5-7,12,14-15H,4,8-11H2,1-3H3,(H2,19,21)(H,20,25)(H,22,24)/t14-,15+/m1/s1. The van der Waals surface area contributed by atoms with Crippen molar-refractivity contribution >= 4 is 17.6 Å². The van der Waals surface area contributed by atoms with E-state index in [1.807, 2.05) is 37.8 Å². The summed E-state index contributed by atoms with van der Waals surface area (Å²) in [5.74, 6) is 0.256. The lowest BCUT2D eigenvalue weighted by molar-refractivity contribution is -0.128. The van der Waals surface area contributed by atoms with Crippen LogP contribution in [-0.4, -0.2) is 59.6 Å². The Labute approximate surface area is 154 Å². The number of aromatic nitrogens is 1. The molecule has 0 aliphatic carbocycles. The van der Waals surface area contributed by atoms with Crippen LogP contribution in [0, 0.1) is 0 Å². The van der Waals surface area contributed by atoms with Gasteiger partial charge in [0.1, 0.15) is 12.4 Å². The molecule has 0 saturated carbocycles. The topological polar surface area (TPSA) is 110 Å². The largest absolute Gasteiger partial charge is 0.383 e. The van der Waals surface area contributed by atoms with Gasteiger partial charge in [0.15, 0.2) is 0 Å². The highest BCUT2D eigenvalue weighted by atomic mass is 16.5. The van der Waals surface area contributed by atoms with E-state index >= 15 is 0 Å². The van der Waals surface area contributed by atoms with E-state index in [1.165, 1.54) is 0 Å². The predicted octanol–water partition coefficient (Wildman–Crippen LogP) is 0.284. The molecule has 1 aliphatic rings. The van der Waals surface area contributed by atoms with E-state index in [2.05, 4.69) is 15.6 Å². The molecular formula is C18H29N5O3. The second-order valence-corrected chi connectivity index (χ2v) is 6.75. The van der Waals surface area contributed by atoms with Crippen LogP contribution in [0.25, 0.3) is 0 Å². The molecule has 2 rings (SSSR count). The van der Waals surface area contributed by atoms with Crippen LogP contribution in [0.1, 0.15) is 32.8 Å². The van der Waals surface area contributed by atoms with Crippen molar-refractivity contribution in [1.29, 1.82) is 0 Å². The summed E-state index contributed by atoms with van der Waals surface area (Å²) in [6.45, 7) is 7.33. The van der Waals surface area contributed by atoms with Gasteiger partial charge in [-0.2, -0.15) is 0 Å². The Balaban J connectivity index is 2.03. The molecule has 0 bridgehead atoms. The third kappa shape index (κ3) is 5.67. The first kappa shape index (κ1) is 20.1. The smallest absolute Gasteiger partial charge is 0.246 e. The number of hydrogen-bond donors (Lipinski definition) is 3. The fourth-order valence-electron chi connectivity index (χ4n) is 3.06. The zero-order valence-electron chi connectivity index (χ0n) is 15.7. The molecular weight excluding hydrogens is 334 g/mol. The maximum absolute atomic E-state index is 12.4. The highest BCUT2D eigenvalue weighted by Gasteiger charge is 2.37. The monoisotopic (exact) mass is 363 g/mol. The summed E-state index contributed by atoms with van der Waals surface area (Å²) in [5, 5.41) is 5.83. The second kappa shape index (κ2) is 9.49. The molecule has 4 N–H and O–H groups in total. The van der Waals surface area contributed by atoms with E-state index in [0.29, 0.717) is 31.9 Å². The molecule has 1 aliphatic heterocycles. The molecule has 8 nitrogen and oxygen atoms in total. The van der Waals surface area contributed by atoms with Crippen molar-refractivity contribution in [2.24, 2.45) is 0 Å². The molecule has 2 amide bonds. The minimum atomic E-state index is -0.314. The van der Waals surface area contributed by atoms with Crippen LogP contribution in [0.2, 0.25) is 0 Å². The third-order valence-corrected chi connectivity index (χ3v) is 4.27. The zero-order chi connectivity index (χ0) is 19.1. The van der Waals surface area contributed by atoms with Crippen LogP contribution in [-0.2, 0) is 20.9 Å². The van der Waals surface area contributed by atoms with Gasteiger partial charge in [-0.05, 0) is 33.3 Å². The molecule has 2 heterocycles. The van der Waals surface area contributed by atoms with Gasteiger partial charge < -0.3 is 21.1 Å². The Morgan fingerprint density at radius 2 is 2.23 bits per heavy atom. The fraction of sp³-hybridized carbons (Fsp3) is 0.611. The van der Waals surface area contributed by atoms with Crippen molar-refractivity contribution in [2.75, 3.05) is 25.4 Å². The van der Waals surface area contributed by atoms with E-state index in [4.69, 9.17) is 10.5 Å². The number of likely N-dealkylation sites (N-methyl/N-ethyl adjacent to an activating group) is 1. The zero-order valence-corrected chi connectivity index (χ0v) is 15.7. The molecule has 26 heavy (non-hydrogen) atoms. The second-order valence-electron chi connectivity index (χ2n) is 6.75. The number of carbonyl (C=O) groups is 2. The van der Waals surface area contributed by atoms with Crippen molar-refractivity contribution in [3.05, 3.63) is 23.9 Å². The lowest BCUT2D eigenvalue weighted by Gasteiger charge is -2.23. The van der Waals surface area contributed by atoms with Gasteiger partial charge in [-0.25, -0.2) is 4.98 Å². The number of ether oxygens (including phenoxy) is 1. The van der Waals surface area contributed by atoms with Gasteiger partial charge in [-0.15, -0.1) is 0 Å². The van der Waals surface area contributed by atoms with Gasteiger partial charge >= 0.3 is 0 Å². The molecule has 1 aromatic rings. The first-order valence-corrected chi connectivity index (χ1v) is 9.02. The SMILES string of the molecule is CCNC(=O)[C@@H]1C[C@@H](NC(=O)COC(C)C)CN1Cc1cccnc1N. The van der Waals surface area contributed by atoms with E-state index < -0.39 is 0 Å². The van der Waals surface area contributed by atoms with E-state index in [9.17, 15) is 9.59 Å². The van der Waals surface area contributed by atoms with Gasteiger partial charge in [-0.3, -0.25) is 14.5 Å². The molecule has 0 spiro atoms. The summed E-state index contributed by atoms with van der Waals surface area (Å²) in [6, 6.07) is 3.31. The summed E-state index contributed by atoms with van der Waals surface area (Å²) in [4.78, 5) is 30.6. The van der Waals surface area contributed by atoms with E-state index in [0.717, 1.165) is 5.56 Å². The maximum Gasteiger partial charge on any atom is 0.246 e. The van der Waals surface area contributed by atoms with Gasteiger partial charge in [-0.1, -0.05) is 6.07 Å². The number of anilines is 1. The minimum absolute atomic E-state index is 0.00235. The Morgan fingerprint density at radius 1 is 1.46 bits per heavy atom. The Bertz CT molecular complexity index is 623. The Morgan fingerprint density at radius 3 is 2.88 bits per heavy atom. The summed E-state index contributed by atoms with van der Waals surface area (Å²) in [6.07, 6.45) is 2.19. The average Bonchev–Trinajstić information content (AvgIpc) is 2.98. The number of nitrogens with one attached hydrogen (secondary N) is 2. The molecule has 1 aromatic heterocycles. The summed E-state index contributed by atoms with van der Waals surface area (Å²) >= 11 is 0. The minimum Gasteiger partial charge on any atom is -0.383 e. The first-order valence-electron chi connectivity index (χ1n) is 9.02. The van der Waals surface area contributed by atoms with Gasteiger partial charge in [0, 0.05) is 37.4 Å². The molecule has 2 atom stereocenters. The van der Waals surface area contributed by atoms with E-state index in [-0.39, 0.29) is 36.6 Å². The number of likely N-dealkylation sites (tertiary alicyclic amines) is 1.